The first kappa shape index (κ1) is 9.89. The molecule has 0 amide bonds. The third-order valence-electron chi connectivity index (χ3n) is 2.68. The molecule has 2 N–H and O–H groups in total. The fourth-order valence-electron chi connectivity index (χ4n) is 1.89. The van der Waals surface area contributed by atoms with E-state index in [1.165, 1.54) is 0 Å². The lowest BCUT2D eigenvalue weighted by atomic mass is 10.1. The lowest BCUT2D eigenvalue weighted by Gasteiger charge is -2.11. The number of hydrogen-bond donors (Lipinski definition) is 2. The number of aromatic nitrogens is 2. The van der Waals surface area contributed by atoms with Gasteiger partial charge in [0.05, 0.1) is 5.92 Å². The van der Waals surface area contributed by atoms with E-state index in [2.05, 4.69) is 15.3 Å². The Balaban J connectivity index is 1.90. The zero-order valence-electron chi connectivity index (χ0n) is 8.26. The molecule has 80 valence electrons. The highest BCUT2D eigenvalue weighted by molar-refractivity contribution is 5.70. The Morgan fingerprint density at radius 2 is 2.13 bits per heavy atom. The molecular weight excluding hydrogens is 194 g/mol. The first-order chi connectivity index (χ1) is 7.25. The number of anilines is 1. The van der Waals surface area contributed by atoms with Gasteiger partial charge in [0, 0.05) is 18.4 Å². The summed E-state index contributed by atoms with van der Waals surface area (Å²) in [4.78, 5) is 18.8. The minimum atomic E-state index is -0.701. The van der Waals surface area contributed by atoms with Crippen LogP contribution in [0.15, 0.2) is 18.5 Å². The van der Waals surface area contributed by atoms with Crippen LogP contribution in [0, 0.1) is 5.92 Å². The number of rotatable bonds is 3. The molecule has 0 bridgehead atoms. The molecule has 15 heavy (non-hydrogen) atoms. The van der Waals surface area contributed by atoms with E-state index < -0.39 is 5.97 Å². The molecule has 0 aliphatic heterocycles. The molecule has 0 unspecified atom stereocenters. The molecule has 5 heteroatoms. The molecule has 1 aromatic heterocycles. The smallest absolute Gasteiger partial charge is 0.306 e. The van der Waals surface area contributed by atoms with Gasteiger partial charge in [-0.2, -0.15) is 0 Å². The average Bonchev–Trinajstić information content (AvgIpc) is 2.68. The highest BCUT2D eigenvalue weighted by Crippen LogP contribution is 2.27. The summed E-state index contributed by atoms with van der Waals surface area (Å²) in [5, 5.41) is 12.0. The second kappa shape index (κ2) is 4.25. The van der Waals surface area contributed by atoms with Crippen LogP contribution in [-0.2, 0) is 4.79 Å². The number of carboxylic acid groups (broad SMARTS) is 1. The van der Waals surface area contributed by atoms with Gasteiger partial charge in [-0.05, 0) is 25.3 Å². The van der Waals surface area contributed by atoms with Gasteiger partial charge in [-0.15, -0.1) is 0 Å². The predicted molar refractivity (Wildman–Crippen MR) is 54.4 cm³/mol. The van der Waals surface area contributed by atoms with Crippen molar-refractivity contribution in [1.29, 1.82) is 0 Å². The van der Waals surface area contributed by atoms with Crippen molar-refractivity contribution >= 4 is 11.9 Å². The molecule has 1 saturated carbocycles. The van der Waals surface area contributed by atoms with E-state index in [0.717, 1.165) is 12.8 Å². The van der Waals surface area contributed by atoms with Crippen LogP contribution >= 0.6 is 0 Å². The fraction of sp³-hybridized carbons (Fsp3) is 0.500. The number of carbonyl (C=O) groups is 1. The van der Waals surface area contributed by atoms with Gasteiger partial charge in [-0.1, -0.05) is 0 Å². The van der Waals surface area contributed by atoms with Gasteiger partial charge in [-0.25, -0.2) is 9.97 Å². The van der Waals surface area contributed by atoms with Crippen molar-refractivity contribution in [1.82, 2.24) is 9.97 Å². The minimum Gasteiger partial charge on any atom is -0.481 e. The van der Waals surface area contributed by atoms with Crippen molar-refractivity contribution in [3.63, 3.8) is 0 Å². The molecule has 1 aliphatic carbocycles. The Hall–Kier alpha value is -1.65. The topological polar surface area (TPSA) is 75.1 Å². The SMILES string of the molecule is O=C(O)[C@@H]1CC[C@H](Nc2ncccn2)C1. The van der Waals surface area contributed by atoms with Crippen LogP contribution in [0.3, 0.4) is 0 Å². The minimum absolute atomic E-state index is 0.188. The van der Waals surface area contributed by atoms with Crippen LogP contribution in [-0.4, -0.2) is 27.1 Å². The normalized spacial score (nSPS) is 25.1. The maximum Gasteiger partial charge on any atom is 0.306 e. The molecule has 1 aromatic rings. The monoisotopic (exact) mass is 207 g/mol. The number of hydrogen-bond acceptors (Lipinski definition) is 4. The largest absolute Gasteiger partial charge is 0.481 e. The highest BCUT2D eigenvalue weighted by Gasteiger charge is 2.29. The second-order valence-corrected chi connectivity index (χ2v) is 3.76. The molecular formula is C10H13N3O2. The third-order valence-corrected chi connectivity index (χ3v) is 2.68. The molecule has 0 aromatic carbocycles. The Morgan fingerprint density at radius 3 is 2.73 bits per heavy atom. The van der Waals surface area contributed by atoms with Crippen molar-refractivity contribution < 1.29 is 9.90 Å². The fourth-order valence-corrected chi connectivity index (χ4v) is 1.89. The first-order valence-corrected chi connectivity index (χ1v) is 5.02. The summed E-state index contributed by atoms with van der Waals surface area (Å²) in [6.45, 7) is 0. The summed E-state index contributed by atoms with van der Waals surface area (Å²) in [7, 11) is 0. The predicted octanol–water partition coefficient (Wildman–Crippen LogP) is 1.14. The number of carboxylic acids is 1. The molecule has 0 radical (unpaired) electrons. The summed E-state index contributed by atoms with van der Waals surface area (Å²) in [6, 6.07) is 1.94. The van der Waals surface area contributed by atoms with Crippen molar-refractivity contribution in [2.75, 3.05) is 5.32 Å². The van der Waals surface area contributed by atoms with E-state index in [9.17, 15) is 4.79 Å². The summed E-state index contributed by atoms with van der Waals surface area (Å²) in [6.07, 6.45) is 5.60. The number of nitrogens with zero attached hydrogens (tertiary/aromatic N) is 2. The Morgan fingerprint density at radius 1 is 1.40 bits per heavy atom. The third kappa shape index (κ3) is 2.43. The van der Waals surface area contributed by atoms with E-state index >= 15 is 0 Å². The standard InChI is InChI=1S/C10H13N3O2/c14-9(15)7-2-3-8(6-7)13-10-11-4-1-5-12-10/h1,4-5,7-8H,2-3,6H2,(H,14,15)(H,11,12,13)/t7-,8+/m1/s1. The molecule has 2 atom stereocenters. The molecule has 1 aliphatic rings. The maximum absolute atomic E-state index is 10.7. The Labute approximate surface area is 87.6 Å². The van der Waals surface area contributed by atoms with Crippen molar-refractivity contribution in [2.45, 2.75) is 25.3 Å². The van der Waals surface area contributed by atoms with Crippen LogP contribution < -0.4 is 5.32 Å². The number of aliphatic carboxylic acids is 1. The van der Waals surface area contributed by atoms with E-state index in [4.69, 9.17) is 5.11 Å². The maximum atomic E-state index is 10.7. The van der Waals surface area contributed by atoms with E-state index in [-0.39, 0.29) is 12.0 Å². The van der Waals surface area contributed by atoms with Crippen LogP contribution in [0.1, 0.15) is 19.3 Å². The molecule has 1 heterocycles. The van der Waals surface area contributed by atoms with Crippen molar-refractivity contribution in [3.8, 4) is 0 Å². The van der Waals surface area contributed by atoms with Gasteiger partial charge < -0.3 is 10.4 Å². The van der Waals surface area contributed by atoms with E-state index in [0.29, 0.717) is 12.4 Å². The lowest BCUT2D eigenvalue weighted by molar-refractivity contribution is -0.141. The quantitative estimate of drug-likeness (QED) is 0.777. The lowest BCUT2D eigenvalue weighted by Crippen LogP contribution is -2.19. The van der Waals surface area contributed by atoms with Gasteiger partial charge in [0.15, 0.2) is 0 Å². The molecule has 2 rings (SSSR count). The molecule has 1 fully saturated rings. The Bertz CT molecular complexity index is 342. The summed E-state index contributed by atoms with van der Waals surface area (Å²) in [5.41, 5.74) is 0. The second-order valence-electron chi connectivity index (χ2n) is 3.76. The van der Waals surface area contributed by atoms with E-state index in [1.807, 2.05) is 0 Å². The van der Waals surface area contributed by atoms with Gasteiger partial charge in [-0.3, -0.25) is 4.79 Å². The summed E-state index contributed by atoms with van der Waals surface area (Å²) in [5.74, 6) is -0.340. The van der Waals surface area contributed by atoms with Gasteiger partial charge >= 0.3 is 5.97 Å². The van der Waals surface area contributed by atoms with Gasteiger partial charge in [0.2, 0.25) is 5.95 Å². The zero-order valence-corrected chi connectivity index (χ0v) is 8.26. The summed E-state index contributed by atoms with van der Waals surface area (Å²) >= 11 is 0. The number of nitrogens with one attached hydrogen (secondary N) is 1. The zero-order chi connectivity index (χ0) is 10.7. The van der Waals surface area contributed by atoms with Gasteiger partial charge in [0.25, 0.3) is 0 Å². The van der Waals surface area contributed by atoms with Crippen LogP contribution in [0.4, 0.5) is 5.95 Å². The van der Waals surface area contributed by atoms with Crippen LogP contribution in [0.25, 0.3) is 0 Å². The first-order valence-electron chi connectivity index (χ1n) is 5.02. The van der Waals surface area contributed by atoms with Crippen LogP contribution in [0.5, 0.6) is 0 Å². The van der Waals surface area contributed by atoms with Gasteiger partial charge in [0.1, 0.15) is 0 Å². The Kier molecular flexibility index (Phi) is 2.80. The summed E-state index contributed by atoms with van der Waals surface area (Å²) < 4.78 is 0. The van der Waals surface area contributed by atoms with Crippen molar-refractivity contribution in [3.05, 3.63) is 18.5 Å². The average molecular weight is 207 g/mol. The molecule has 0 saturated heterocycles. The van der Waals surface area contributed by atoms with Crippen LogP contribution in [0.2, 0.25) is 0 Å². The van der Waals surface area contributed by atoms with Crippen molar-refractivity contribution in [2.24, 2.45) is 5.92 Å². The molecule has 0 spiro atoms. The highest BCUT2D eigenvalue weighted by atomic mass is 16.4. The van der Waals surface area contributed by atoms with E-state index in [1.54, 1.807) is 18.5 Å². The molecule has 5 nitrogen and oxygen atoms in total.